The minimum Gasteiger partial charge on any atom is -0.340 e. The Labute approximate surface area is 180 Å². The molecule has 3 heterocycles. The van der Waals surface area contributed by atoms with E-state index in [0.717, 1.165) is 22.8 Å². The molecule has 1 aliphatic rings. The first kappa shape index (κ1) is 21.4. The Morgan fingerprint density at radius 3 is 2.65 bits per heavy atom. The van der Waals surface area contributed by atoms with Crippen LogP contribution in [0.1, 0.15) is 22.2 Å². The molecule has 0 spiro atoms. The van der Waals surface area contributed by atoms with Crippen LogP contribution in [0.25, 0.3) is 11.4 Å². The summed E-state index contributed by atoms with van der Waals surface area (Å²) in [7, 11) is 0. The molecule has 0 atom stereocenters. The number of hydrogen-bond acceptors (Lipinski definition) is 7. The van der Waals surface area contributed by atoms with Gasteiger partial charge in [0.2, 0.25) is 17.6 Å². The van der Waals surface area contributed by atoms with Gasteiger partial charge < -0.3 is 9.42 Å². The Morgan fingerprint density at radius 2 is 1.97 bits per heavy atom. The van der Waals surface area contributed by atoms with Gasteiger partial charge in [-0.1, -0.05) is 17.3 Å². The van der Waals surface area contributed by atoms with Crippen molar-refractivity contribution in [2.75, 3.05) is 26.2 Å². The number of halogens is 3. The number of hydrogen-bond donors (Lipinski definition) is 0. The number of amides is 1. The lowest BCUT2D eigenvalue weighted by molar-refractivity contribution is -0.137. The Kier molecular flexibility index (Phi) is 6.05. The number of piperazine rings is 1. The molecule has 0 N–H and O–H groups in total. The number of nitrogens with zero attached hydrogens (tertiary/aromatic N) is 5. The predicted octanol–water partition coefficient (Wildman–Crippen LogP) is 3.41. The molecule has 11 heteroatoms. The lowest BCUT2D eigenvalue weighted by Crippen LogP contribution is -2.48. The van der Waals surface area contributed by atoms with Gasteiger partial charge in [-0.05, 0) is 19.1 Å². The summed E-state index contributed by atoms with van der Waals surface area (Å²) in [6.45, 7) is 4.73. The van der Waals surface area contributed by atoms with E-state index in [9.17, 15) is 18.0 Å². The van der Waals surface area contributed by atoms with E-state index in [4.69, 9.17) is 4.52 Å². The molecule has 7 nitrogen and oxygen atoms in total. The largest absolute Gasteiger partial charge is 0.416 e. The van der Waals surface area contributed by atoms with Gasteiger partial charge in [-0.2, -0.15) is 18.2 Å². The molecule has 31 heavy (non-hydrogen) atoms. The number of aromatic nitrogens is 3. The third kappa shape index (κ3) is 5.28. The minimum atomic E-state index is -4.43. The summed E-state index contributed by atoms with van der Waals surface area (Å²) < 4.78 is 44.0. The summed E-state index contributed by atoms with van der Waals surface area (Å²) in [5.74, 6) is 0.494. The molecule has 0 saturated carbocycles. The molecule has 4 rings (SSSR count). The quantitative estimate of drug-likeness (QED) is 0.592. The number of rotatable bonds is 5. The van der Waals surface area contributed by atoms with Crippen LogP contribution in [0.15, 0.2) is 34.2 Å². The Bertz CT molecular complexity index is 1060. The number of aryl methyl sites for hydroxylation is 1. The van der Waals surface area contributed by atoms with Gasteiger partial charge in [0.25, 0.3) is 0 Å². The van der Waals surface area contributed by atoms with Gasteiger partial charge in [-0.3, -0.25) is 9.69 Å². The number of carbonyl (C=O) groups excluding carboxylic acids is 1. The molecule has 1 amide bonds. The second-order valence-corrected chi connectivity index (χ2v) is 8.34. The Balaban J connectivity index is 1.31. The fourth-order valence-corrected chi connectivity index (χ4v) is 3.99. The zero-order valence-electron chi connectivity index (χ0n) is 16.7. The molecule has 1 aromatic carbocycles. The second kappa shape index (κ2) is 8.75. The predicted molar refractivity (Wildman–Crippen MR) is 107 cm³/mol. The third-order valence-corrected chi connectivity index (χ3v) is 5.82. The molecule has 0 aliphatic carbocycles. The van der Waals surface area contributed by atoms with Gasteiger partial charge in [-0.25, -0.2) is 4.98 Å². The molecular formula is C20H20F3N5O2S. The van der Waals surface area contributed by atoms with Gasteiger partial charge in [0.05, 0.1) is 29.2 Å². The summed E-state index contributed by atoms with van der Waals surface area (Å²) in [6, 6.07) is 4.83. The Morgan fingerprint density at radius 1 is 1.19 bits per heavy atom. The highest BCUT2D eigenvalue weighted by Crippen LogP contribution is 2.31. The van der Waals surface area contributed by atoms with Crippen molar-refractivity contribution in [1.82, 2.24) is 24.9 Å². The van der Waals surface area contributed by atoms with Crippen molar-refractivity contribution in [1.29, 1.82) is 0 Å². The first-order valence-corrected chi connectivity index (χ1v) is 10.6. The summed E-state index contributed by atoms with van der Waals surface area (Å²) >= 11 is 1.53. The molecule has 0 unspecified atom stereocenters. The molecule has 1 saturated heterocycles. The highest BCUT2D eigenvalue weighted by Gasteiger charge is 2.31. The molecular weight excluding hydrogens is 431 g/mol. The van der Waals surface area contributed by atoms with E-state index in [1.54, 1.807) is 0 Å². The van der Waals surface area contributed by atoms with E-state index in [2.05, 4.69) is 20.0 Å². The summed E-state index contributed by atoms with van der Waals surface area (Å²) in [5.41, 5.74) is 0.283. The van der Waals surface area contributed by atoms with Gasteiger partial charge in [-0.15, -0.1) is 11.3 Å². The van der Waals surface area contributed by atoms with Crippen LogP contribution < -0.4 is 0 Å². The van der Waals surface area contributed by atoms with Crippen LogP contribution in [-0.2, 0) is 23.9 Å². The van der Waals surface area contributed by atoms with Crippen molar-refractivity contribution in [3.8, 4) is 11.4 Å². The summed E-state index contributed by atoms with van der Waals surface area (Å²) in [4.78, 5) is 24.9. The van der Waals surface area contributed by atoms with Crippen LogP contribution >= 0.6 is 11.3 Å². The van der Waals surface area contributed by atoms with E-state index >= 15 is 0 Å². The number of thiazole rings is 1. The van der Waals surface area contributed by atoms with Crippen LogP contribution in [0.2, 0.25) is 0 Å². The monoisotopic (exact) mass is 451 g/mol. The van der Waals surface area contributed by atoms with Gasteiger partial charge in [0, 0.05) is 37.1 Å². The first-order chi connectivity index (χ1) is 14.8. The highest BCUT2D eigenvalue weighted by molar-refractivity contribution is 7.09. The van der Waals surface area contributed by atoms with E-state index in [-0.39, 0.29) is 17.3 Å². The first-order valence-electron chi connectivity index (χ1n) is 9.69. The van der Waals surface area contributed by atoms with Gasteiger partial charge in [0.1, 0.15) is 0 Å². The van der Waals surface area contributed by atoms with E-state index in [1.165, 1.54) is 23.5 Å². The van der Waals surface area contributed by atoms with Crippen molar-refractivity contribution in [2.45, 2.75) is 26.1 Å². The van der Waals surface area contributed by atoms with Crippen LogP contribution in [0.5, 0.6) is 0 Å². The fraction of sp³-hybridized carbons (Fsp3) is 0.400. The molecule has 0 bridgehead atoms. The van der Waals surface area contributed by atoms with Crippen molar-refractivity contribution in [3.63, 3.8) is 0 Å². The van der Waals surface area contributed by atoms with Gasteiger partial charge >= 0.3 is 6.18 Å². The molecule has 1 fully saturated rings. The average Bonchev–Trinajstić information content (AvgIpc) is 3.37. The minimum absolute atomic E-state index is 0.0505. The van der Waals surface area contributed by atoms with Crippen molar-refractivity contribution in [2.24, 2.45) is 0 Å². The lowest BCUT2D eigenvalue weighted by atomic mass is 10.1. The second-order valence-electron chi connectivity index (χ2n) is 7.28. The van der Waals surface area contributed by atoms with Crippen molar-refractivity contribution in [3.05, 3.63) is 51.8 Å². The zero-order valence-corrected chi connectivity index (χ0v) is 17.5. The third-order valence-electron chi connectivity index (χ3n) is 5.00. The van der Waals surface area contributed by atoms with E-state index < -0.39 is 11.7 Å². The molecule has 3 aromatic rings. The van der Waals surface area contributed by atoms with Crippen molar-refractivity contribution < 1.29 is 22.5 Å². The molecule has 0 radical (unpaired) electrons. The standard InChI is InChI=1S/C20H20F3N5O2S/c1-13-24-16(12-31-13)10-18(29)28-7-5-27(6-8-28)11-17-25-19(26-30-17)14-3-2-4-15(9-14)20(21,22)23/h2-4,9,12H,5-8,10-11H2,1H3. The summed E-state index contributed by atoms with van der Waals surface area (Å²) in [5, 5.41) is 6.66. The fourth-order valence-electron chi connectivity index (χ4n) is 3.37. The maximum atomic E-state index is 12.9. The average molecular weight is 451 g/mol. The highest BCUT2D eigenvalue weighted by atomic mass is 32.1. The maximum absolute atomic E-state index is 12.9. The number of alkyl halides is 3. The summed E-state index contributed by atoms with van der Waals surface area (Å²) in [6.07, 6.45) is -4.13. The molecule has 2 aromatic heterocycles. The van der Waals surface area contributed by atoms with Crippen LogP contribution in [0.4, 0.5) is 13.2 Å². The lowest BCUT2D eigenvalue weighted by Gasteiger charge is -2.33. The van der Waals surface area contributed by atoms with Gasteiger partial charge in [0.15, 0.2) is 0 Å². The SMILES string of the molecule is Cc1nc(CC(=O)N2CCN(Cc3nc(-c4cccc(C(F)(F)F)c4)no3)CC2)cs1. The maximum Gasteiger partial charge on any atom is 0.416 e. The normalized spacial score (nSPS) is 15.4. The zero-order chi connectivity index (χ0) is 22.0. The smallest absolute Gasteiger partial charge is 0.340 e. The van der Waals surface area contributed by atoms with Crippen LogP contribution in [0, 0.1) is 6.92 Å². The molecule has 1 aliphatic heterocycles. The van der Waals surface area contributed by atoms with Crippen LogP contribution in [0.3, 0.4) is 0 Å². The van der Waals surface area contributed by atoms with E-state index in [0.29, 0.717) is 45.0 Å². The molecule has 164 valence electrons. The number of carbonyl (C=O) groups is 1. The van der Waals surface area contributed by atoms with Crippen LogP contribution in [-0.4, -0.2) is 57.0 Å². The van der Waals surface area contributed by atoms with E-state index in [1.807, 2.05) is 17.2 Å². The van der Waals surface area contributed by atoms with Crippen molar-refractivity contribution >= 4 is 17.2 Å². The topological polar surface area (TPSA) is 75.4 Å². The number of benzene rings is 1. The Hall–Kier alpha value is -2.79.